The van der Waals surface area contributed by atoms with Crippen molar-refractivity contribution in [3.63, 3.8) is 0 Å². The van der Waals surface area contributed by atoms with Gasteiger partial charge in [-0.1, -0.05) is 33.3 Å². The van der Waals surface area contributed by atoms with Crippen LogP contribution < -0.4 is 0 Å². The van der Waals surface area contributed by atoms with Gasteiger partial charge in [-0.3, -0.25) is 4.90 Å². The van der Waals surface area contributed by atoms with E-state index < -0.39 is 11.8 Å². The van der Waals surface area contributed by atoms with Gasteiger partial charge in [0.1, 0.15) is 5.82 Å². The molecule has 0 spiro atoms. The second-order valence-corrected chi connectivity index (χ2v) is 4.95. The first-order valence-corrected chi connectivity index (χ1v) is 6.72. The van der Waals surface area contributed by atoms with Crippen molar-refractivity contribution >= 4 is 5.97 Å². The summed E-state index contributed by atoms with van der Waals surface area (Å²) in [6.45, 7) is 8.66. The fourth-order valence-corrected chi connectivity index (χ4v) is 1.92. The normalized spacial score (nSPS) is 12.7. The molecule has 0 saturated carbocycles. The minimum atomic E-state index is -1.10. The number of rotatable bonds is 7. The van der Waals surface area contributed by atoms with Crippen LogP contribution in [0.3, 0.4) is 0 Å². The van der Waals surface area contributed by atoms with Crippen molar-refractivity contribution in [2.45, 2.75) is 33.7 Å². The molecule has 1 unspecified atom stereocenters. The van der Waals surface area contributed by atoms with Crippen LogP contribution in [0.4, 0.5) is 4.39 Å². The molecule has 0 saturated heterocycles. The monoisotopic (exact) mass is 267 g/mol. The molecule has 1 atom stereocenters. The second kappa shape index (κ2) is 7.24. The van der Waals surface area contributed by atoms with Crippen LogP contribution in [0.5, 0.6) is 0 Å². The van der Waals surface area contributed by atoms with Crippen molar-refractivity contribution in [3.05, 3.63) is 35.1 Å². The quantitative estimate of drug-likeness (QED) is 0.823. The van der Waals surface area contributed by atoms with Gasteiger partial charge in [-0.05, 0) is 24.6 Å². The number of carboxylic acids is 1. The zero-order chi connectivity index (χ0) is 14.4. The van der Waals surface area contributed by atoms with E-state index in [0.717, 1.165) is 25.6 Å². The van der Waals surface area contributed by atoms with Crippen LogP contribution >= 0.6 is 0 Å². The number of aromatic carboxylic acids is 1. The summed E-state index contributed by atoms with van der Waals surface area (Å²) >= 11 is 0. The molecule has 1 N–H and O–H groups in total. The lowest BCUT2D eigenvalue weighted by atomic mass is 10.1. The number of hydrogen-bond acceptors (Lipinski definition) is 2. The number of hydrogen-bond donors (Lipinski definition) is 1. The Labute approximate surface area is 114 Å². The van der Waals surface area contributed by atoms with E-state index in [1.54, 1.807) is 6.07 Å². The number of benzene rings is 1. The molecule has 0 aromatic heterocycles. The third kappa shape index (κ3) is 4.63. The Morgan fingerprint density at radius 1 is 1.42 bits per heavy atom. The standard InChI is InChI=1S/C15H22FNO2/c1-4-11(3)9-17(5-2)10-13-7-6-12(15(18)19)8-14(13)16/h6-8,11H,4-5,9-10H2,1-3H3,(H,18,19). The molecule has 19 heavy (non-hydrogen) atoms. The number of carbonyl (C=O) groups is 1. The summed E-state index contributed by atoms with van der Waals surface area (Å²) in [5, 5.41) is 8.80. The van der Waals surface area contributed by atoms with E-state index in [1.165, 1.54) is 6.07 Å². The molecule has 1 aromatic carbocycles. The zero-order valence-electron chi connectivity index (χ0n) is 11.8. The van der Waals surface area contributed by atoms with E-state index in [-0.39, 0.29) is 5.56 Å². The maximum Gasteiger partial charge on any atom is 0.335 e. The molecule has 0 aliphatic rings. The Hall–Kier alpha value is -1.42. The van der Waals surface area contributed by atoms with Crippen LogP contribution in [0.25, 0.3) is 0 Å². The molecule has 0 radical (unpaired) electrons. The highest BCUT2D eigenvalue weighted by Gasteiger charge is 2.12. The van der Waals surface area contributed by atoms with Crippen LogP contribution in [0, 0.1) is 11.7 Å². The van der Waals surface area contributed by atoms with E-state index in [0.29, 0.717) is 18.0 Å². The smallest absolute Gasteiger partial charge is 0.335 e. The minimum Gasteiger partial charge on any atom is -0.478 e. The Morgan fingerprint density at radius 3 is 2.58 bits per heavy atom. The van der Waals surface area contributed by atoms with Gasteiger partial charge in [0.05, 0.1) is 5.56 Å². The molecule has 4 heteroatoms. The van der Waals surface area contributed by atoms with Gasteiger partial charge in [0.2, 0.25) is 0 Å². The topological polar surface area (TPSA) is 40.5 Å². The van der Waals surface area contributed by atoms with E-state index in [2.05, 4.69) is 18.7 Å². The van der Waals surface area contributed by atoms with Crippen molar-refractivity contribution in [3.8, 4) is 0 Å². The molecule has 0 bridgehead atoms. The molecule has 1 aromatic rings. The summed E-state index contributed by atoms with van der Waals surface area (Å²) < 4.78 is 13.8. The SMILES string of the molecule is CCC(C)CN(CC)Cc1ccc(C(=O)O)cc1F. The zero-order valence-corrected chi connectivity index (χ0v) is 11.8. The molecule has 106 valence electrons. The van der Waals surface area contributed by atoms with Crippen molar-refractivity contribution < 1.29 is 14.3 Å². The lowest BCUT2D eigenvalue weighted by Gasteiger charge is -2.24. The molecule has 0 amide bonds. The fraction of sp³-hybridized carbons (Fsp3) is 0.533. The van der Waals surface area contributed by atoms with Gasteiger partial charge >= 0.3 is 5.97 Å². The molecule has 0 aliphatic carbocycles. The van der Waals surface area contributed by atoms with Crippen LogP contribution in [0.1, 0.15) is 43.1 Å². The van der Waals surface area contributed by atoms with Gasteiger partial charge in [0.25, 0.3) is 0 Å². The van der Waals surface area contributed by atoms with E-state index >= 15 is 0 Å². The van der Waals surface area contributed by atoms with Crippen LogP contribution in [-0.2, 0) is 6.54 Å². The van der Waals surface area contributed by atoms with Crippen LogP contribution in [-0.4, -0.2) is 29.1 Å². The Morgan fingerprint density at radius 2 is 2.11 bits per heavy atom. The van der Waals surface area contributed by atoms with Crippen molar-refractivity contribution in [1.29, 1.82) is 0 Å². The molecule has 3 nitrogen and oxygen atoms in total. The lowest BCUT2D eigenvalue weighted by molar-refractivity contribution is 0.0696. The van der Waals surface area contributed by atoms with E-state index in [1.807, 2.05) is 6.92 Å². The fourth-order valence-electron chi connectivity index (χ4n) is 1.92. The Bertz CT molecular complexity index is 434. The van der Waals surface area contributed by atoms with Gasteiger partial charge in [-0.15, -0.1) is 0 Å². The highest BCUT2D eigenvalue weighted by molar-refractivity contribution is 5.87. The molecular weight excluding hydrogens is 245 g/mol. The summed E-state index contributed by atoms with van der Waals surface area (Å²) in [5.41, 5.74) is 0.543. The van der Waals surface area contributed by atoms with Crippen molar-refractivity contribution in [1.82, 2.24) is 4.90 Å². The first kappa shape index (κ1) is 15.6. The van der Waals surface area contributed by atoms with Crippen LogP contribution in [0.15, 0.2) is 18.2 Å². The summed E-state index contributed by atoms with van der Waals surface area (Å²) in [4.78, 5) is 12.9. The highest BCUT2D eigenvalue weighted by atomic mass is 19.1. The number of nitrogens with zero attached hydrogens (tertiary/aromatic N) is 1. The average molecular weight is 267 g/mol. The van der Waals surface area contributed by atoms with Crippen molar-refractivity contribution in [2.24, 2.45) is 5.92 Å². The first-order chi connectivity index (χ1) is 8.97. The van der Waals surface area contributed by atoms with Crippen LogP contribution in [0.2, 0.25) is 0 Å². The van der Waals surface area contributed by atoms with Gasteiger partial charge in [-0.2, -0.15) is 0 Å². The minimum absolute atomic E-state index is 0.00813. The van der Waals surface area contributed by atoms with Crippen molar-refractivity contribution in [2.75, 3.05) is 13.1 Å². The van der Waals surface area contributed by atoms with Gasteiger partial charge < -0.3 is 5.11 Å². The van der Waals surface area contributed by atoms with Gasteiger partial charge in [0.15, 0.2) is 0 Å². The molecule has 0 heterocycles. The molecule has 0 aliphatic heterocycles. The van der Waals surface area contributed by atoms with Gasteiger partial charge in [0, 0.05) is 18.7 Å². The van der Waals surface area contributed by atoms with E-state index in [9.17, 15) is 9.18 Å². The second-order valence-electron chi connectivity index (χ2n) is 4.95. The third-order valence-electron chi connectivity index (χ3n) is 3.41. The largest absolute Gasteiger partial charge is 0.478 e. The van der Waals surface area contributed by atoms with Gasteiger partial charge in [-0.25, -0.2) is 9.18 Å². The third-order valence-corrected chi connectivity index (χ3v) is 3.41. The average Bonchev–Trinajstić information content (AvgIpc) is 2.39. The summed E-state index contributed by atoms with van der Waals surface area (Å²) in [6, 6.07) is 4.12. The summed E-state index contributed by atoms with van der Waals surface area (Å²) in [6.07, 6.45) is 1.09. The maximum absolute atomic E-state index is 13.8. The summed E-state index contributed by atoms with van der Waals surface area (Å²) in [7, 11) is 0. The number of halogens is 1. The maximum atomic E-state index is 13.8. The predicted octanol–water partition coefficient (Wildman–Crippen LogP) is 3.39. The highest BCUT2D eigenvalue weighted by Crippen LogP contribution is 2.14. The first-order valence-electron chi connectivity index (χ1n) is 6.72. The van der Waals surface area contributed by atoms with E-state index in [4.69, 9.17) is 5.11 Å². The molecule has 0 fully saturated rings. The molecular formula is C15H22FNO2. The number of carboxylic acid groups (broad SMARTS) is 1. The Kier molecular flexibility index (Phi) is 5.96. The lowest BCUT2D eigenvalue weighted by Crippen LogP contribution is -2.28. The Balaban J connectivity index is 2.77. The summed E-state index contributed by atoms with van der Waals surface area (Å²) in [5.74, 6) is -0.971. The molecule has 1 rings (SSSR count). The predicted molar refractivity (Wildman–Crippen MR) is 73.8 cm³/mol.